The standard InChI is InChI=1S/C62H115N2O6P/c1-6-8-10-12-14-16-18-20-22-24-25-26-27-28-29-30-31-32-33-34-35-36-37-38-40-41-43-45-47-49-51-53-55-61(65)60(59-70-71(67,68)69-58-57-64(3,4)5)63-62(66)56-54-52-50-48-46-44-42-39-23-21-19-17-15-13-11-9-7-2/h9,11,15,17,21,23,42,44,48,50,53,55,60-61,65H,6-8,10,12-14,16,18-20,22,24-41,43,45-47,49,51-52,54,56-59H2,1-5H3,(H-,63,66,67,68)/p+1/b11-9-,17-15-,23-21-,44-42-,50-48-,55-53+. The summed E-state index contributed by atoms with van der Waals surface area (Å²) < 4.78 is 23.7. The highest BCUT2D eigenvalue weighted by molar-refractivity contribution is 7.47. The molecule has 1 amide bonds. The zero-order valence-corrected chi connectivity index (χ0v) is 48.1. The van der Waals surface area contributed by atoms with Gasteiger partial charge < -0.3 is 19.8 Å². The van der Waals surface area contributed by atoms with Gasteiger partial charge in [0.15, 0.2) is 0 Å². The van der Waals surface area contributed by atoms with Gasteiger partial charge in [-0.15, -0.1) is 0 Å². The molecule has 9 heteroatoms. The molecule has 3 N–H and O–H groups in total. The van der Waals surface area contributed by atoms with Gasteiger partial charge in [-0.25, -0.2) is 4.57 Å². The van der Waals surface area contributed by atoms with E-state index in [0.29, 0.717) is 17.4 Å². The Morgan fingerprint density at radius 1 is 0.493 bits per heavy atom. The quantitative estimate of drug-likeness (QED) is 0.0243. The number of allylic oxidation sites excluding steroid dienone is 11. The van der Waals surface area contributed by atoms with Crippen LogP contribution < -0.4 is 5.32 Å². The Kier molecular flexibility index (Phi) is 51.3. The van der Waals surface area contributed by atoms with Crippen LogP contribution in [0.2, 0.25) is 0 Å². The number of hydrogen-bond acceptors (Lipinski definition) is 5. The van der Waals surface area contributed by atoms with E-state index in [1.54, 1.807) is 6.08 Å². The molecule has 8 nitrogen and oxygen atoms in total. The molecule has 0 aliphatic rings. The molecule has 3 atom stereocenters. The molecule has 0 fully saturated rings. The van der Waals surface area contributed by atoms with Crippen molar-refractivity contribution in [2.24, 2.45) is 0 Å². The number of aliphatic hydroxyl groups excluding tert-OH is 1. The largest absolute Gasteiger partial charge is 0.472 e. The summed E-state index contributed by atoms with van der Waals surface area (Å²) in [6, 6.07) is -0.881. The van der Waals surface area contributed by atoms with E-state index in [9.17, 15) is 19.4 Å². The summed E-state index contributed by atoms with van der Waals surface area (Å²) in [6.45, 7) is 4.67. The molecule has 414 valence electrons. The van der Waals surface area contributed by atoms with Crippen LogP contribution >= 0.6 is 7.82 Å². The zero-order chi connectivity index (χ0) is 52.0. The number of phosphoric ester groups is 1. The summed E-state index contributed by atoms with van der Waals surface area (Å²) in [5, 5.41) is 13.9. The minimum atomic E-state index is -4.37. The number of carbonyl (C=O) groups is 1. The van der Waals surface area contributed by atoms with Crippen molar-refractivity contribution in [1.82, 2.24) is 5.32 Å². The van der Waals surface area contributed by atoms with Gasteiger partial charge in [0.1, 0.15) is 13.2 Å². The average Bonchev–Trinajstić information content (AvgIpc) is 3.33. The van der Waals surface area contributed by atoms with Crippen LogP contribution in [0.5, 0.6) is 0 Å². The summed E-state index contributed by atoms with van der Waals surface area (Å²) in [5.41, 5.74) is 0. The molecule has 0 aromatic rings. The highest BCUT2D eigenvalue weighted by Crippen LogP contribution is 2.43. The molecule has 0 saturated heterocycles. The third-order valence-electron chi connectivity index (χ3n) is 13.2. The van der Waals surface area contributed by atoms with Crippen LogP contribution in [0.3, 0.4) is 0 Å². The Morgan fingerprint density at radius 3 is 1.23 bits per heavy atom. The molecule has 0 aromatic carbocycles. The van der Waals surface area contributed by atoms with Gasteiger partial charge in [0.05, 0.1) is 39.9 Å². The molecular weight excluding hydrogens is 900 g/mol. The van der Waals surface area contributed by atoms with Gasteiger partial charge in [-0.05, 0) is 57.8 Å². The predicted molar refractivity (Wildman–Crippen MR) is 309 cm³/mol. The van der Waals surface area contributed by atoms with Crippen molar-refractivity contribution in [3.63, 3.8) is 0 Å². The molecular formula is C62H116N2O6P+. The number of unbranched alkanes of at least 4 members (excludes halogenated alkanes) is 31. The molecule has 0 bridgehead atoms. The fraction of sp³-hybridized carbons (Fsp3) is 0.790. The summed E-state index contributed by atoms with van der Waals surface area (Å²) >= 11 is 0. The number of nitrogens with one attached hydrogen (secondary N) is 1. The minimum absolute atomic E-state index is 0.0479. The monoisotopic (exact) mass is 1020 g/mol. The molecule has 0 aliphatic heterocycles. The first-order chi connectivity index (χ1) is 34.5. The van der Waals surface area contributed by atoms with E-state index in [1.165, 1.54) is 180 Å². The molecule has 3 unspecified atom stereocenters. The number of aliphatic hydroxyl groups is 1. The summed E-state index contributed by atoms with van der Waals surface area (Å²) in [6.07, 6.45) is 73.2. The highest BCUT2D eigenvalue weighted by Gasteiger charge is 2.27. The maximum absolute atomic E-state index is 12.9. The SMILES string of the molecule is CC/C=C\C/C=C\C/C=C\C/C=C\C/C=C\CCCC(=O)NC(COP(=O)(O)OCC[N+](C)(C)C)C(O)/C=C/CCCCCCCCCCCCCCCCCCCCCCCCCCCCCCCC. The van der Waals surface area contributed by atoms with Gasteiger partial charge in [-0.3, -0.25) is 13.8 Å². The molecule has 0 radical (unpaired) electrons. The average molecular weight is 1020 g/mol. The van der Waals surface area contributed by atoms with E-state index in [-0.39, 0.29) is 25.5 Å². The first-order valence-electron chi connectivity index (χ1n) is 29.8. The molecule has 0 saturated carbocycles. The van der Waals surface area contributed by atoms with Crippen molar-refractivity contribution in [1.29, 1.82) is 0 Å². The molecule has 0 aromatic heterocycles. The molecule has 0 spiro atoms. The lowest BCUT2D eigenvalue weighted by Gasteiger charge is -2.25. The van der Waals surface area contributed by atoms with Gasteiger partial charge in [0, 0.05) is 6.42 Å². The fourth-order valence-electron chi connectivity index (χ4n) is 8.55. The van der Waals surface area contributed by atoms with Crippen molar-refractivity contribution in [3.8, 4) is 0 Å². The van der Waals surface area contributed by atoms with E-state index < -0.39 is 20.0 Å². The summed E-state index contributed by atoms with van der Waals surface area (Å²) in [5.74, 6) is -0.233. The maximum atomic E-state index is 12.9. The lowest BCUT2D eigenvalue weighted by atomic mass is 10.0. The second-order valence-corrected chi connectivity index (χ2v) is 22.8. The topological polar surface area (TPSA) is 105 Å². The molecule has 71 heavy (non-hydrogen) atoms. The van der Waals surface area contributed by atoms with Crippen molar-refractivity contribution in [2.45, 2.75) is 276 Å². The van der Waals surface area contributed by atoms with E-state index in [1.807, 2.05) is 27.2 Å². The van der Waals surface area contributed by atoms with Crippen molar-refractivity contribution in [2.75, 3.05) is 40.9 Å². The van der Waals surface area contributed by atoms with Crippen LogP contribution in [0, 0.1) is 0 Å². The predicted octanol–water partition coefficient (Wildman–Crippen LogP) is 18.3. The smallest absolute Gasteiger partial charge is 0.387 e. The van der Waals surface area contributed by atoms with Crippen LogP contribution in [0.15, 0.2) is 72.9 Å². The van der Waals surface area contributed by atoms with Crippen molar-refractivity contribution in [3.05, 3.63) is 72.9 Å². The van der Waals surface area contributed by atoms with E-state index in [0.717, 1.165) is 57.8 Å². The third-order valence-corrected chi connectivity index (χ3v) is 14.2. The van der Waals surface area contributed by atoms with Gasteiger partial charge >= 0.3 is 7.82 Å². The number of rotatable bonds is 54. The number of phosphoric acid groups is 1. The molecule has 0 heterocycles. The number of carbonyl (C=O) groups excluding carboxylic acids is 1. The minimum Gasteiger partial charge on any atom is -0.387 e. The number of quaternary nitrogens is 1. The van der Waals surface area contributed by atoms with Crippen LogP contribution in [0.4, 0.5) is 0 Å². The zero-order valence-electron chi connectivity index (χ0n) is 47.2. The van der Waals surface area contributed by atoms with E-state index >= 15 is 0 Å². The van der Waals surface area contributed by atoms with Gasteiger partial charge in [-0.2, -0.15) is 0 Å². The van der Waals surface area contributed by atoms with Gasteiger partial charge in [0.2, 0.25) is 5.91 Å². The Balaban J connectivity index is 4.15. The normalized spacial score (nSPS) is 14.4. The van der Waals surface area contributed by atoms with Crippen LogP contribution in [0.1, 0.15) is 264 Å². The second kappa shape index (κ2) is 52.8. The molecule has 0 aliphatic carbocycles. The number of amides is 1. The van der Waals surface area contributed by atoms with E-state index in [4.69, 9.17) is 9.05 Å². The summed E-state index contributed by atoms with van der Waals surface area (Å²) in [7, 11) is 1.53. The Labute approximate surface area is 440 Å². The first-order valence-corrected chi connectivity index (χ1v) is 31.3. The molecule has 0 rings (SSSR count). The maximum Gasteiger partial charge on any atom is 0.472 e. The summed E-state index contributed by atoms with van der Waals surface area (Å²) in [4.78, 5) is 23.2. The first kappa shape index (κ1) is 68.9. The third kappa shape index (κ3) is 55.5. The Morgan fingerprint density at radius 2 is 0.845 bits per heavy atom. The number of likely N-dealkylation sites (N-methyl/N-ethyl adjacent to an activating group) is 1. The van der Waals surface area contributed by atoms with Crippen LogP contribution in [-0.4, -0.2) is 73.4 Å². The number of hydrogen-bond donors (Lipinski definition) is 3. The van der Waals surface area contributed by atoms with Crippen LogP contribution in [-0.2, 0) is 18.4 Å². The van der Waals surface area contributed by atoms with Crippen LogP contribution in [0.25, 0.3) is 0 Å². The van der Waals surface area contributed by atoms with Crippen molar-refractivity contribution < 1.29 is 32.9 Å². The second-order valence-electron chi connectivity index (χ2n) is 21.3. The lowest BCUT2D eigenvalue weighted by molar-refractivity contribution is -0.870. The lowest BCUT2D eigenvalue weighted by Crippen LogP contribution is -2.45. The van der Waals surface area contributed by atoms with Crippen molar-refractivity contribution >= 4 is 13.7 Å². The fourth-order valence-corrected chi connectivity index (χ4v) is 9.29. The van der Waals surface area contributed by atoms with Gasteiger partial charge in [-0.1, -0.05) is 273 Å². The Hall–Kier alpha value is -2.06. The van der Waals surface area contributed by atoms with Gasteiger partial charge in [0.25, 0.3) is 0 Å². The van der Waals surface area contributed by atoms with E-state index in [2.05, 4.69) is 79.9 Å². The Bertz CT molecular complexity index is 1380. The number of nitrogens with zero attached hydrogens (tertiary/aromatic N) is 1. The highest BCUT2D eigenvalue weighted by atomic mass is 31.2.